The zero-order valence-corrected chi connectivity index (χ0v) is 7.29. The quantitative estimate of drug-likeness (QED) is 0.709. The number of H-pyrrole nitrogens is 1. The Balaban J connectivity index is 0.000000165. The number of carboxylic acids is 1. The number of nitrogens with zero attached hydrogens (tertiary/aromatic N) is 2. The molecule has 0 saturated heterocycles. The highest BCUT2D eigenvalue weighted by Crippen LogP contribution is 1.96. The van der Waals surface area contributed by atoms with Gasteiger partial charge in [0.2, 0.25) is 0 Å². The van der Waals surface area contributed by atoms with Gasteiger partial charge >= 0.3 is 5.97 Å². The van der Waals surface area contributed by atoms with Gasteiger partial charge in [0.25, 0.3) is 0 Å². The summed E-state index contributed by atoms with van der Waals surface area (Å²) in [6.07, 6.45) is 3.24. The Morgan fingerprint density at radius 3 is 2.29 bits per heavy atom. The number of aromatic nitrogens is 3. The molecule has 0 unspecified atom stereocenters. The van der Waals surface area contributed by atoms with Crippen LogP contribution in [0.3, 0.4) is 0 Å². The minimum absolute atomic E-state index is 0.331. The predicted molar refractivity (Wildman–Crippen MR) is 49.8 cm³/mol. The van der Waals surface area contributed by atoms with Crippen molar-refractivity contribution in [2.45, 2.75) is 0 Å². The lowest BCUT2D eigenvalue weighted by molar-refractivity contribution is 0.0697. The van der Waals surface area contributed by atoms with Gasteiger partial charge in [0.15, 0.2) is 0 Å². The SMILES string of the molecule is O=C(O)c1ccccc1.c1c[nH]nn1. The van der Waals surface area contributed by atoms with Crippen molar-refractivity contribution in [3.8, 4) is 0 Å². The molecule has 0 amide bonds. The van der Waals surface area contributed by atoms with Gasteiger partial charge in [-0.1, -0.05) is 23.4 Å². The lowest BCUT2D eigenvalue weighted by Crippen LogP contribution is -1.93. The lowest BCUT2D eigenvalue weighted by Gasteiger charge is -1.88. The van der Waals surface area contributed by atoms with Gasteiger partial charge in [-0.05, 0) is 12.1 Å². The first-order valence-corrected chi connectivity index (χ1v) is 3.89. The smallest absolute Gasteiger partial charge is 0.335 e. The van der Waals surface area contributed by atoms with Crippen LogP contribution in [0.15, 0.2) is 42.7 Å². The van der Waals surface area contributed by atoms with E-state index in [0.717, 1.165) is 0 Å². The van der Waals surface area contributed by atoms with Crippen molar-refractivity contribution < 1.29 is 9.90 Å². The van der Waals surface area contributed by atoms with E-state index in [1.165, 1.54) is 0 Å². The summed E-state index contributed by atoms with van der Waals surface area (Å²) in [6.45, 7) is 0. The Kier molecular flexibility index (Phi) is 3.87. The largest absolute Gasteiger partial charge is 0.478 e. The molecule has 5 heteroatoms. The maximum atomic E-state index is 10.2. The number of carboxylic acid groups (broad SMARTS) is 1. The van der Waals surface area contributed by atoms with Crippen LogP contribution in [0, 0.1) is 0 Å². The van der Waals surface area contributed by atoms with Crippen LogP contribution in [0.5, 0.6) is 0 Å². The maximum absolute atomic E-state index is 10.2. The lowest BCUT2D eigenvalue weighted by atomic mass is 10.2. The summed E-state index contributed by atoms with van der Waals surface area (Å²) in [4.78, 5) is 10.2. The molecule has 0 aliphatic heterocycles. The summed E-state index contributed by atoms with van der Waals surface area (Å²) in [6, 6.07) is 8.30. The monoisotopic (exact) mass is 191 g/mol. The van der Waals surface area contributed by atoms with Crippen LogP contribution < -0.4 is 0 Å². The van der Waals surface area contributed by atoms with Crippen molar-refractivity contribution in [3.63, 3.8) is 0 Å². The first-order chi connectivity index (χ1) is 6.80. The molecule has 2 N–H and O–H groups in total. The summed E-state index contributed by atoms with van der Waals surface area (Å²) in [5.74, 6) is -0.879. The van der Waals surface area contributed by atoms with Crippen molar-refractivity contribution in [3.05, 3.63) is 48.3 Å². The van der Waals surface area contributed by atoms with Gasteiger partial charge in [-0.3, -0.25) is 5.10 Å². The Morgan fingerprint density at radius 2 is 2.00 bits per heavy atom. The molecule has 14 heavy (non-hydrogen) atoms. The van der Waals surface area contributed by atoms with E-state index in [2.05, 4.69) is 15.4 Å². The minimum atomic E-state index is -0.879. The van der Waals surface area contributed by atoms with Gasteiger partial charge < -0.3 is 5.11 Å². The standard InChI is InChI=1S/C7H6O2.C2H3N3/c8-7(9)6-4-2-1-3-5-6;1-2-4-5-3-1/h1-5H,(H,8,9);1-2H,(H,3,4,5). The molecular weight excluding hydrogens is 182 g/mol. The molecule has 1 aromatic heterocycles. The number of nitrogens with one attached hydrogen (secondary N) is 1. The number of hydrogen-bond acceptors (Lipinski definition) is 3. The maximum Gasteiger partial charge on any atom is 0.335 e. The average Bonchev–Trinajstić information content (AvgIpc) is 2.77. The molecular formula is C9H9N3O2. The van der Waals surface area contributed by atoms with Crippen LogP contribution in [-0.2, 0) is 0 Å². The highest BCUT2D eigenvalue weighted by molar-refractivity contribution is 5.87. The molecule has 5 nitrogen and oxygen atoms in total. The molecule has 0 radical (unpaired) electrons. The molecule has 0 atom stereocenters. The fraction of sp³-hybridized carbons (Fsp3) is 0. The van der Waals surface area contributed by atoms with Crippen LogP contribution in [-0.4, -0.2) is 26.5 Å². The van der Waals surface area contributed by atoms with Gasteiger partial charge in [-0.15, -0.1) is 5.10 Å². The predicted octanol–water partition coefficient (Wildman–Crippen LogP) is 1.19. The van der Waals surface area contributed by atoms with E-state index in [9.17, 15) is 4.79 Å². The highest BCUT2D eigenvalue weighted by Gasteiger charge is 1.96. The number of hydrogen-bond donors (Lipinski definition) is 2. The van der Waals surface area contributed by atoms with E-state index in [4.69, 9.17) is 5.11 Å². The first-order valence-electron chi connectivity index (χ1n) is 3.89. The number of benzene rings is 1. The third kappa shape index (κ3) is 3.48. The summed E-state index contributed by atoms with van der Waals surface area (Å²) in [5, 5.41) is 17.6. The molecule has 2 rings (SSSR count). The molecule has 0 fully saturated rings. The Labute approximate surface area is 80.4 Å². The normalized spacial score (nSPS) is 8.57. The molecule has 1 heterocycles. The van der Waals surface area contributed by atoms with Crippen molar-refractivity contribution in [1.29, 1.82) is 0 Å². The van der Waals surface area contributed by atoms with Crippen molar-refractivity contribution in [2.75, 3.05) is 0 Å². The zero-order valence-electron chi connectivity index (χ0n) is 7.29. The second kappa shape index (κ2) is 5.47. The average molecular weight is 191 g/mol. The van der Waals surface area contributed by atoms with Gasteiger partial charge in [-0.2, -0.15) is 0 Å². The fourth-order valence-corrected chi connectivity index (χ4v) is 0.747. The zero-order chi connectivity index (χ0) is 10.2. The van der Waals surface area contributed by atoms with Crippen LogP contribution in [0.1, 0.15) is 10.4 Å². The van der Waals surface area contributed by atoms with E-state index in [1.807, 2.05) is 0 Å². The number of rotatable bonds is 1. The van der Waals surface area contributed by atoms with Crippen LogP contribution in [0.2, 0.25) is 0 Å². The first kappa shape index (κ1) is 9.91. The fourth-order valence-electron chi connectivity index (χ4n) is 0.747. The van der Waals surface area contributed by atoms with Crippen molar-refractivity contribution >= 4 is 5.97 Å². The number of carbonyl (C=O) groups is 1. The third-order valence-electron chi connectivity index (χ3n) is 1.35. The van der Waals surface area contributed by atoms with Crippen molar-refractivity contribution in [1.82, 2.24) is 15.4 Å². The molecule has 0 bridgehead atoms. The summed E-state index contributed by atoms with van der Waals surface area (Å²) < 4.78 is 0. The topological polar surface area (TPSA) is 78.9 Å². The van der Waals surface area contributed by atoms with E-state index in [1.54, 1.807) is 42.7 Å². The summed E-state index contributed by atoms with van der Waals surface area (Å²) in [7, 11) is 0. The Morgan fingerprint density at radius 1 is 1.29 bits per heavy atom. The summed E-state index contributed by atoms with van der Waals surface area (Å²) >= 11 is 0. The minimum Gasteiger partial charge on any atom is -0.478 e. The second-order valence-corrected chi connectivity index (χ2v) is 2.33. The molecule has 1 aromatic carbocycles. The number of aromatic amines is 1. The molecule has 0 spiro atoms. The summed E-state index contributed by atoms with van der Waals surface area (Å²) in [5.41, 5.74) is 0.331. The molecule has 0 saturated carbocycles. The molecule has 72 valence electrons. The molecule has 2 aromatic rings. The van der Waals surface area contributed by atoms with E-state index >= 15 is 0 Å². The van der Waals surface area contributed by atoms with Gasteiger partial charge in [0, 0.05) is 6.20 Å². The second-order valence-electron chi connectivity index (χ2n) is 2.33. The van der Waals surface area contributed by atoms with Crippen molar-refractivity contribution in [2.24, 2.45) is 0 Å². The van der Waals surface area contributed by atoms with Gasteiger partial charge in [0.1, 0.15) is 0 Å². The Hall–Kier alpha value is -2.17. The Bertz CT molecular complexity index is 342. The number of aromatic carboxylic acids is 1. The van der Waals surface area contributed by atoms with E-state index < -0.39 is 5.97 Å². The third-order valence-corrected chi connectivity index (χ3v) is 1.35. The van der Waals surface area contributed by atoms with Crippen LogP contribution >= 0.6 is 0 Å². The van der Waals surface area contributed by atoms with Gasteiger partial charge in [0.05, 0.1) is 11.8 Å². The van der Waals surface area contributed by atoms with Gasteiger partial charge in [-0.25, -0.2) is 4.79 Å². The van der Waals surface area contributed by atoms with E-state index in [0.29, 0.717) is 5.56 Å². The molecule has 0 aliphatic carbocycles. The van der Waals surface area contributed by atoms with E-state index in [-0.39, 0.29) is 0 Å². The highest BCUT2D eigenvalue weighted by atomic mass is 16.4. The molecule has 0 aliphatic rings. The van der Waals surface area contributed by atoms with Crippen LogP contribution in [0.4, 0.5) is 0 Å². The van der Waals surface area contributed by atoms with Crippen LogP contribution in [0.25, 0.3) is 0 Å².